The number of anilines is 1. The van der Waals surface area contributed by atoms with E-state index in [1.54, 1.807) is 29.1 Å². The number of ether oxygens (including phenoxy) is 1. The van der Waals surface area contributed by atoms with Crippen LogP contribution in [0.3, 0.4) is 0 Å². The summed E-state index contributed by atoms with van der Waals surface area (Å²) in [4.78, 5) is 27.8. The van der Waals surface area contributed by atoms with Crippen molar-refractivity contribution in [1.82, 2.24) is 14.7 Å². The quantitative estimate of drug-likeness (QED) is 0.682. The number of rotatable bonds is 6. The summed E-state index contributed by atoms with van der Waals surface area (Å²) in [5.41, 5.74) is 1.35. The molecular weight excluding hydrogens is 380 g/mol. The molecule has 0 saturated carbocycles. The topological polar surface area (TPSA) is 76.5 Å². The minimum Gasteiger partial charge on any atom is -0.383 e. The number of piperidine rings is 1. The molecule has 1 saturated heterocycles. The van der Waals surface area contributed by atoms with Gasteiger partial charge in [0.25, 0.3) is 5.91 Å². The van der Waals surface area contributed by atoms with E-state index in [1.165, 1.54) is 0 Å². The monoisotopic (exact) mass is 406 g/mol. The summed E-state index contributed by atoms with van der Waals surface area (Å²) in [7, 11) is 1.64. The van der Waals surface area contributed by atoms with E-state index in [0.717, 1.165) is 23.6 Å². The first kappa shape index (κ1) is 20.1. The molecule has 1 aromatic heterocycles. The number of nitrogens with zero attached hydrogens (tertiary/aromatic N) is 3. The van der Waals surface area contributed by atoms with E-state index in [-0.39, 0.29) is 17.7 Å². The molecule has 7 heteroatoms. The number of carbonyl (C=O) groups is 2. The summed E-state index contributed by atoms with van der Waals surface area (Å²) in [6, 6.07) is 13.7. The van der Waals surface area contributed by atoms with Crippen LogP contribution in [-0.4, -0.2) is 53.3 Å². The van der Waals surface area contributed by atoms with Crippen molar-refractivity contribution in [3.05, 3.63) is 60.4 Å². The molecular formula is C23H26N4O3. The van der Waals surface area contributed by atoms with Gasteiger partial charge in [-0.15, -0.1) is 0 Å². The van der Waals surface area contributed by atoms with Gasteiger partial charge in [0.2, 0.25) is 5.91 Å². The Balaban J connectivity index is 1.43. The average molecular weight is 406 g/mol. The zero-order valence-electron chi connectivity index (χ0n) is 17.1. The van der Waals surface area contributed by atoms with Gasteiger partial charge in [-0.05, 0) is 29.7 Å². The maximum Gasteiger partial charge on any atom is 0.254 e. The maximum atomic E-state index is 13.2. The van der Waals surface area contributed by atoms with Gasteiger partial charge in [-0.1, -0.05) is 36.4 Å². The summed E-state index contributed by atoms with van der Waals surface area (Å²) in [5, 5.41) is 9.14. The van der Waals surface area contributed by atoms with Crippen LogP contribution in [0.2, 0.25) is 0 Å². The predicted octanol–water partition coefficient (Wildman–Crippen LogP) is 3.17. The van der Waals surface area contributed by atoms with E-state index in [1.807, 2.05) is 42.5 Å². The first-order valence-corrected chi connectivity index (χ1v) is 10.2. The number of carbonyl (C=O) groups excluding carboxylic acids is 2. The lowest BCUT2D eigenvalue weighted by Gasteiger charge is -2.32. The van der Waals surface area contributed by atoms with E-state index in [4.69, 9.17) is 4.74 Å². The number of hydrogen-bond acceptors (Lipinski definition) is 4. The van der Waals surface area contributed by atoms with Gasteiger partial charge in [0.1, 0.15) is 0 Å². The fraction of sp³-hybridized carbons (Fsp3) is 0.348. The van der Waals surface area contributed by atoms with Crippen LogP contribution in [0.4, 0.5) is 5.69 Å². The summed E-state index contributed by atoms with van der Waals surface area (Å²) < 4.78 is 6.78. The van der Waals surface area contributed by atoms with Gasteiger partial charge in [-0.3, -0.25) is 14.3 Å². The molecule has 1 N–H and O–H groups in total. The van der Waals surface area contributed by atoms with Gasteiger partial charge < -0.3 is 15.0 Å². The van der Waals surface area contributed by atoms with Crippen LogP contribution in [0.15, 0.2) is 54.9 Å². The maximum absolute atomic E-state index is 13.2. The second kappa shape index (κ2) is 9.09. The molecule has 2 aromatic carbocycles. The highest BCUT2D eigenvalue weighted by atomic mass is 16.5. The zero-order valence-corrected chi connectivity index (χ0v) is 17.1. The van der Waals surface area contributed by atoms with Gasteiger partial charge in [0.15, 0.2) is 0 Å². The Kier molecular flexibility index (Phi) is 6.09. The molecule has 0 bridgehead atoms. The minimum absolute atomic E-state index is 0.0170. The lowest BCUT2D eigenvalue weighted by atomic mass is 9.95. The molecule has 0 aliphatic carbocycles. The van der Waals surface area contributed by atoms with Crippen molar-refractivity contribution >= 4 is 28.3 Å². The van der Waals surface area contributed by atoms with E-state index >= 15 is 0 Å². The van der Waals surface area contributed by atoms with Gasteiger partial charge >= 0.3 is 0 Å². The fourth-order valence-corrected chi connectivity index (χ4v) is 3.94. The third kappa shape index (κ3) is 4.36. The molecule has 2 amide bonds. The van der Waals surface area contributed by atoms with Crippen LogP contribution in [0.25, 0.3) is 10.8 Å². The highest BCUT2D eigenvalue weighted by molar-refractivity contribution is 6.07. The predicted molar refractivity (Wildman–Crippen MR) is 115 cm³/mol. The third-order valence-electron chi connectivity index (χ3n) is 5.52. The van der Waals surface area contributed by atoms with Gasteiger partial charge in [-0.2, -0.15) is 5.10 Å². The molecule has 7 nitrogen and oxygen atoms in total. The Hall–Kier alpha value is -3.19. The first-order valence-electron chi connectivity index (χ1n) is 10.2. The van der Waals surface area contributed by atoms with Crippen molar-refractivity contribution in [2.24, 2.45) is 5.92 Å². The van der Waals surface area contributed by atoms with Gasteiger partial charge in [-0.25, -0.2) is 0 Å². The Morgan fingerprint density at radius 1 is 1.20 bits per heavy atom. The Bertz CT molecular complexity index is 1040. The van der Waals surface area contributed by atoms with Crippen molar-refractivity contribution in [1.29, 1.82) is 0 Å². The molecule has 1 aliphatic heterocycles. The molecule has 156 valence electrons. The molecule has 3 aromatic rings. The minimum atomic E-state index is -0.236. The molecule has 2 heterocycles. The van der Waals surface area contributed by atoms with Crippen LogP contribution in [0, 0.1) is 5.92 Å². The lowest BCUT2D eigenvalue weighted by Crippen LogP contribution is -2.43. The number of aromatic nitrogens is 2. The van der Waals surface area contributed by atoms with Crippen LogP contribution in [0.5, 0.6) is 0 Å². The number of benzene rings is 2. The molecule has 0 spiro atoms. The number of fused-ring (bicyclic) bond motifs is 1. The van der Waals surface area contributed by atoms with Crippen molar-refractivity contribution in [2.75, 3.05) is 32.1 Å². The van der Waals surface area contributed by atoms with E-state index in [9.17, 15) is 9.59 Å². The number of likely N-dealkylation sites (tertiary alicyclic amines) is 1. The summed E-state index contributed by atoms with van der Waals surface area (Å²) in [5.74, 6) is -0.326. The van der Waals surface area contributed by atoms with Crippen LogP contribution in [0.1, 0.15) is 23.2 Å². The zero-order chi connectivity index (χ0) is 20.9. The molecule has 1 fully saturated rings. The average Bonchev–Trinajstić information content (AvgIpc) is 3.24. The van der Waals surface area contributed by atoms with Gasteiger partial charge in [0.05, 0.1) is 31.0 Å². The summed E-state index contributed by atoms with van der Waals surface area (Å²) in [6.07, 6.45) is 5.00. The number of amides is 2. The SMILES string of the molecule is COCCn1cc(NC(=O)[C@H]2CCCN(C(=O)c3cccc4ccccc34)C2)cn1. The number of methoxy groups -OCH3 is 1. The van der Waals surface area contributed by atoms with Crippen LogP contribution >= 0.6 is 0 Å². The van der Waals surface area contributed by atoms with Crippen molar-refractivity contribution < 1.29 is 14.3 Å². The largest absolute Gasteiger partial charge is 0.383 e. The highest BCUT2D eigenvalue weighted by Gasteiger charge is 2.29. The highest BCUT2D eigenvalue weighted by Crippen LogP contribution is 2.24. The Labute approximate surface area is 175 Å². The Morgan fingerprint density at radius 2 is 2.03 bits per heavy atom. The van der Waals surface area contributed by atoms with E-state index in [0.29, 0.717) is 37.5 Å². The molecule has 0 unspecified atom stereocenters. The fourth-order valence-electron chi connectivity index (χ4n) is 3.94. The molecule has 4 rings (SSSR count). The standard InChI is InChI=1S/C23H26N4O3/c1-30-13-12-27-16-19(14-24-27)25-22(28)18-8-5-11-26(15-18)23(29)21-10-4-7-17-6-2-3-9-20(17)21/h2-4,6-7,9-10,14,16,18H,5,8,11-13,15H2,1H3,(H,25,28)/t18-/m0/s1. The first-order chi connectivity index (χ1) is 14.7. The Morgan fingerprint density at radius 3 is 2.90 bits per heavy atom. The number of nitrogens with one attached hydrogen (secondary N) is 1. The molecule has 30 heavy (non-hydrogen) atoms. The van der Waals surface area contributed by atoms with Gasteiger partial charge in [0, 0.05) is 32.0 Å². The van der Waals surface area contributed by atoms with Crippen molar-refractivity contribution in [2.45, 2.75) is 19.4 Å². The molecule has 0 radical (unpaired) electrons. The van der Waals surface area contributed by atoms with Crippen LogP contribution < -0.4 is 5.32 Å². The lowest BCUT2D eigenvalue weighted by molar-refractivity contribution is -0.121. The second-order valence-corrected chi connectivity index (χ2v) is 7.59. The van der Waals surface area contributed by atoms with Crippen LogP contribution in [-0.2, 0) is 16.1 Å². The second-order valence-electron chi connectivity index (χ2n) is 7.59. The smallest absolute Gasteiger partial charge is 0.254 e. The van der Waals surface area contributed by atoms with Crippen molar-refractivity contribution in [3.63, 3.8) is 0 Å². The summed E-state index contributed by atoms with van der Waals surface area (Å²) in [6.45, 7) is 2.28. The summed E-state index contributed by atoms with van der Waals surface area (Å²) >= 11 is 0. The molecule has 1 atom stereocenters. The number of hydrogen-bond donors (Lipinski definition) is 1. The molecule has 1 aliphatic rings. The third-order valence-corrected chi connectivity index (χ3v) is 5.52. The normalized spacial score (nSPS) is 16.6. The van der Waals surface area contributed by atoms with E-state index in [2.05, 4.69) is 10.4 Å². The van der Waals surface area contributed by atoms with E-state index < -0.39 is 0 Å². The van der Waals surface area contributed by atoms with Crippen molar-refractivity contribution in [3.8, 4) is 0 Å².